The van der Waals surface area contributed by atoms with Crippen LogP contribution in [0, 0.1) is 6.92 Å². The van der Waals surface area contributed by atoms with Crippen LogP contribution in [0.1, 0.15) is 11.1 Å². The van der Waals surface area contributed by atoms with E-state index in [0.717, 1.165) is 33.3 Å². The van der Waals surface area contributed by atoms with Gasteiger partial charge in [-0.15, -0.1) is 0 Å². The summed E-state index contributed by atoms with van der Waals surface area (Å²) < 4.78 is 11.3. The van der Waals surface area contributed by atoms with Gasteiger partial charge in [0.2, 0.25) is 0 Å². The number of fused-ring (bicyclic) bond motifs is 1. The lowest BCUT2D eigenvalue weighted by atomic mass is 10.1. The number of benzene rings is 2. The fraction of sp³-hybridized carbons (Fsp3) is 0.250. The molecule has 0 unspecified atom stereocenters. The molecule has 1 N–H and O–H groups in total. The minimum absolute atomic E-state index is 0.598. The van der Waals surface area contributed by atoms with E-state index in [1.807, 2.05) is 43.3 Å². The van der Waals surface area contributed by atoms with Crippen molar-refractivity contribution >= 4 is 17.3 Å². The van der Waals surface area contributed by atoms with Gasteiger partial charge < -0.3 is 14.8 Å². The van der Waals surface area contributed by atoms with Gasteiger partial charge in [-0.3, -0.25) is 0 Å². The van der Waals surface area contributed by atoms with E-state index in [0.29, 0.717) is 19.8 Å². The fourth-order valence-corrected chi connectivity index (χ4v) is 2.35. The maximum atomic E-state index is 6.13. The van der Waals surface area contributed by atoms with E-state index in [4.69, 9.17) is 21.1 Å². The summed E-state index contributed by atoms with van der Waals surface area (Å²) in [6, 6.07) is 11.9. The van der Waals surface area contributed by atoms with E-state index in [2.05, 4.69) is 5.32 Å². The predicted molar refractivity (Wildman–Crippen MR) is 80.9 cm³/mol. The summed E-state index contributed by atoms with van der Waals surface area (Å²) in [5.41, 5.74) is 3.15. The molecule has 0 amide bonds. The van der Waals surface area contributed by atoms with Crippen LogP contribution >= 0.6 is 11.6 Å². The SMILES string of the molecule is Cc1ccc(NCc2cccc3c2OCCO3)cc1Cl. The lowest BCUT2D eigenvalue weighted by molar-refractivity contribution is 0.170. The fourth-order valence-electron chi connectivity index (χ4n) is 2.17. The van der Waals surface area contributed by atoms with Crippen molar-refractivity contribution < 1.29 is 9.47 Å². The molecule has 0 fully saturated rings. The van der Waals surface area contributed by atoms with Crippen molar-refractivity contribution in [2.75, 3.05) is 18.5 Å². The molecule has 1 heterocycles. The van der Waals surface area contributed by atoms with Gasteiger partial charge in [0.1, 0.15) is 13.2 Å². The van der Waals surface area contributed by atoms with Gasteiger partial charge in [-0.05, 0) is 30.7 Å². The van der Waals surface area contributed by atoms with Crippen LogP contribution in [-0.4, -0.2) is 13.2 Å². The number of hydrogen-bond donors (Lipinski definition) is 1. The normalized spacial score (nSPS) is 13.1. The Labute approximate surface area is 123 Å². The molecule has 3 nitrogen and oxygen atoms in total. The van der Waals surface area contributed by atoms with Crippen molar-refractivity contribution in [1.82, 2.24) is 0 Å². The number of para-hydroxylation sites is 1. The second-order valence-corrected chi connectivity index (χ2v) is 5.17. The highest BCUT2D eigenvalue weighted by molar-refractivity contribution is 6.31. The molecule has 4 heteroatoms. The third-order valence-corrected chi connectivity index (χ3v) is 3.71. The third-order valence-electron chi connectivity index (χ3n) is 3.30. The Kier molecular flexibility index (Phi) is 3.70. The summed E-state index contributed by atoms with van der Waals surface area (Å²) in [6.07, 6.45) is 0. The van der Waals surface area contributed by atoms with Gasteiger partial charge in [0.25, 0.3) is 0 Å². The smallest absolute Gasteiger partial charge is 0.166 e. The van der Waals surface area contributed by atoms with E-state index < -0.39 is 0 Å². The molecule has 0 saturated heterocycles. The Bertz CT molecular complexity index is 628. The maximum Gasteiger partial charge on any atom is 0.166 e. The van der Waals surface area contributed by atoms with Crippen molar-refractivity contribution in [3.8, 4) is 11.5 Å². The Morgan fingerprint density at radius 1 is 1.15 bits per heavy atom. The van der Waals surface area contributed by atoms with Crippen LogP contribution in [0.15, 0.2) is 36.4 Å². The number of anilines is 1. The van der Waals surface area contributed by atoms with Gasteiger partial charge in [-0.25, -0.2) is 0 Å². The van der Waals surface area contributed by atoms with Gasteiger partial charge >= 0.3 is 0 Å². The van der Waals surface area contributed by atoms with E-state index >= 15 is 0 Å². The van der Waals surface area contributed by atoms with Crippen molar-refractivity contribution in [3.63, 3.8) is 0 Å². The maximum absolute atomic E-state index is 6.13. The molecule has 0 radical (unpaired) electrons. The monoisotopic (exact) mass is 289 g/mol. The molecule has 1 aliphatic heterocycles. The highest BCUT2D eigenvalue weighted by Gasteiger charge is 2.15. The Balaban J connectivity index is 1.76. The van der Waals surface area contributed by atoms with Gasteiger partial charge in [-0.2, -0.15) is 0 Å². The van der Waals surface area contributed by atoms with Crippen LogP contribution in [-0.2, 0) is 6.54 Å². The molecule has 2 aromatic carbocycles. The van der Waals surface area contributed by atoms with E-state index in [9.17, 15) is 0 Å². The molecule has 0 aliphatic carbocycles. The summed E-state index contributed by atoms with van der Waals surface area (Å²) in [6.45, 7) is 3.87. The Morgan fingerprint density at radius 3 is 2.85 bits per heavy atom. The van der Waals surface area contributed by atoms with Crippen molar-refractivity contribution in [2.45, 2.75) is 13.5 Å². The van der Waals surface area contributed by atoms with Crippen LogP contribution in [0.5, 0.6) is 11.5 Å². The molecule has 0 atom stereocenters. The summed E-state index contributed by atoms with van der Waals surface area (Å²) in [4.78, 5) is 0. The second-order valence-electron chi connectivity index (χ2n) is 4.76. The lowest BCUT2D eigenvalue weighted by Gasteiger charge is -2.21. The number of aryl methyl sites for hydroxylation is 1. The van der Waals surface area contributed by atoms with Crippen LogP contribution in [0.3, 0.4) is 0 Å². The molecule has 20 heavy (non-hydrogen) atoms. The van der Waals surface area contributed by atoms with Gasteiger partial charge in [0, 0.05) is 22.8 Å². The second kappa shape index (κ2) is 5.63. The molecule has 0 aromatic heterocycles. The van der Waals surface area contributed by atoms with E-state index in [-0.39, 0.29) is 0 Å². The minimum atomic E-state index is 0.598. The quantitative estimate of drug-likeness (QED) is 0.925. The molecule has 0 saturated carbocycles. The van der Waals surface area contributed by atoms with Crippen molar-refractivity contribution in [3.05, 3.63) is 52.5 Å². The largest absolute Gasteiger partial charge is 0.486 e. The number of nitrogens with one attached hydrogen (secondary N) is 1. The molecule has 0 spiro atoms. The van der Waals surface area contributed by atoms with E-state index in [1.54, 1.807) is 0 Å². The molecule has 2 aromatic rings. The van der Waals surface area contributed by atoms with Gasteiger partial charge in [-0.1, -0.05) is 29.8 Å². The number of rotatable bonds is 3. The number of hydrogen-bond acceptors (Lipinski definition) is 3. The molecule has 104 valence electrons. The summed E-state index contributed by atoms with van der Waals surface area (Å²) in [5.74, 6) is 1.65. The molecule has 0 bridgehead atoms. The van der Waals surface area contributed by atoms with Crippen LogP contribution in [0.4, 0.5) is 5.69 Å². The first-order chi connectivity index (χ1) is 9.74. The van der Waals surface area contributed by atoms with Crippen molar-refractivity contribution in [1.29, 1.82) is 0 Å². The zero-order chi connectivity index (χ0) is 13.9. The average molecular weight is 290 g/mol. The van der Waals surface area contributed by atoms with E-state index in [1.165, 1.54) is 0 Å². The summed E-state index contributed by atoms with van der Waals surface area (Å²) >= 11 is 6.13. The van der Waals surface area contributed by atoms with Crippen LogP contribution in [0.25, 0.3) is 0 Å². The summed E-state index contributed by atoms with van der Waals surface area (Å²) in [5, 5.41) is 4.13. The molecule has 1 aliphatic rings. The minimum Gasteiger partial charge on any atom is -0.486 e. The molecular weight excluding hydrogens is 274 g/mol. The number of halogens is 1. The highest BCUT2D eigenvalue weighted by atomic mass is 35.5. The zero-order valence-electron chi connectivity index (χ0n) is 11.3. The van der Waals surface area contributed by atoms with Crippen LogP contribution in [0.2, 0.25) is 5.02 Å². The van der Waals surface area contributed by atoms with Crippen molar-refractivity contribution in [2.24, 2.45) is 0 Å². The first-order valence-corrected chi connectivity index (χ1v) is 6.99. The highest BCUT2D eigenvalue weighted by Crippen LogP contribution is 2.34. The average Bonchev–Trinajstić information content (AvgIpc) is 2.48. The number of ether oxygens (including phenoxy) is 2. The molecule has 3 rings (SSSR count). The lowest BCUT2D eigenvalue weighted by Crippen LogP contribution is -2.17. The topological polar surface area (TPSA) is 30.5 Å². The summed E-state index contributed by atoms with van der Waals surface area (Å²) in [7, 11) is 0. The third kappa shape index (κ3) is 2.68. The zero-order valence-corrected chi connectivity index (χ0v) is 12.0. The van der Waals surface area contributed by atoms with Gasteiger partial charge in [0.15, 0.2) is 11.5 Å². The Morgan fingerprint density at radius 2 is 2.00 bits per heavy atom. The van der Waals surface area contributed by atoms with Gasteiger partial charge in [0.05, 0.1) is 0 Å². The molecular formula is C16H16ClNO2. The Hall–Kier alpha value is -1.87. The standard InChI is InChI=1S/C16H16ClNO2/c1-11-5-6-13(9-14(11)17)18-10-12-3-2-4-15-16(12)20-8-7-19-15/h2-6,9,18H,7-8,10H2,1H3. The first kappa shape index (κ1) is 13.1. The first-order valence-electron chi connectivity index (χ1n) is 6.61. The van der Waals surface area contributed by atoms with Crippen LogP contribution < -0.4 is 14.8 Å². The predicted octanol–water partition coefficient (Wildman–Crippen LogP) is 4.03.